The summed E-state index contributed by atoms with van der Waals surface area (Å²) >= 11 is 0. The summed E-state index contributed by atoms with van der Waals surface area (Å²) in [7, 11) is 2.24. The fourth-order valence-electron chi connectivity index (χ4n) is 3.89. The average molecular weight is 267 g/mol. The van der Waals surface area contributed by atoms with Gasteiger partial charge in [-0.25, -0.2) is 0 Å². The molecule has 0 radical (unpaired) electrons. The number of rotatable bonds is 2. The van der Waals surface area contributed by atoms with Gasteiger partial charge in [0.25, 0.3) is 0 Å². The number of hydrogen-bond donors (Lipinski definition) is 1. The predicted molar refractivity (Wildman–Crippen MR) is 82.3 cm³/mol. The molecule has 1 aliphatic carbocycles. The lowest BCUT2D eigenvalue weighted by atomic mass is 9.83. The molecule has 1 atom stereocenters. The Morgan fingerprint density at radius 2 is 1.68 bits per heavy atom. The summed E-state index contributed by atoms with van der Waals surface area (Å²) in [6.45, 7) is 10.6. The van der Waals surface area contributed by atoms with Crippen LogP contribution in [0.2, 0.25) is 0 Å². The van der Waals surface area contributed by atoms with Crippen LogP contribution in [0.15, 0.2) is 0 Å². The SMILES string of the molecule is CN1CCCN(C2(CN)CCCC(C)(C)CC2)CC1. The Hall–Kier alpha value is -0.120. The Morgan fingerprint density at radius 3 is 2.42 bits per heavy atom. The third kappa shape index (κ3) is 3.71. The zero-order valence-electron chi connectivity index (χ0n) is 13.2. The summed E-state index contributed by atoms with van der Waals surface area (Å²) in [4.78, 5) is 5.20. The van der Waals surface area contributed by atoms with E-state index in [1.807, 2.05) is 0 Å². The maximum Gasteiger partial charge on any atom is 0.0332 e. The van der Waals surface area contributed by atoms with Gasteiger partial charge in [-0.05, 0) is 51.1 Å². The van der Waals surface area contributed by atoms with E-state index >= 15 is 0 Å². The van der Waals surface area contributed by atoms with Gasteiger partial charge in [0.05, 0.1) is 0 Å². The van der Waals surface area contributed by atoms with Gasteiger partial charge in [-0.1, -0.05) is 20.3 Å². The van der Waals surface area contributed by atoms with E-state index in [2.05, 4.69) is 30.7 Å². The molecule has 0 aromatic rings. The number of nitrogens with two attached hydrogens (primary N) is 1. The van der Waals surface area contributed by atoms with Crippen LogP contribution < -0.4 is 5.73 Å². The minimum absolute atomic E-state index is 0.291. The normalized spacial score (nSPS) is 34.7. The van der Waals surface area contributed by atoms with Gasteiger partial charge in [-0.15, -0.1) is 0 Å². The molecule has 0 aromatic carbocycles. The van der Waals surface area contributed by atoms with Crippen LogP contribution in [0.3, 0.4) is 0 Å². The molecule has 1 saturated carbocycles. The van der Waals surface area contributed by atoms with Gasteiger partial charge in [-0.3, -0.25) is 4.90 Å². The molecule has 0 spiro atoms. The van der Waals surface area contributed by atoms with Crippen LogP contribution in [0.1, 0.15) is 52.4 Å². The Bertz CT molecular complexity index is 290. The molecular formula is C16H33N3. The fraction of sp³-hybridized carbons (Fsp3) is 1.00. The summed E-state index contributed by atoms with van der Waals surface area (Å²) in [5, 5.41) is 0. The molecule has 1 unspecified atom stereocenters. The van der Waals surface area contributed by atoms with Gasteiger partial charge >= 0.3 is 0 Å². The Morgan fingerprint density at radius 1 is 0.895 bits per heavy atom. The number of hydrogen-bond acceptors (Lipinski definition) is 3. The molecule has 1 saturated heterocycles. The first-order valence-electron chi connectivity index (χ1n) is 8.11. The number of likely N-dealkylation sites (N-methyl/N-ethyl adjacent to an activating group) is 1. The Kier molecular flexibility index (Phi) is 4.91. The Balaban J connectivity index is 2.08. The van der Waals surface area contributed by atoms with Crippen LogP contribution in [-0.4, -0.2) is 55.1 Å². The smallest absolute Gasteiger partial charge is 0.0332 e. The van der Waals surface area contributed by atoms with Crippen molar-refractivity contribution < 1.29 is 0 Å². The van der Waals surface area contributed by atoms with E-state index < -0.39 is 0 Å². The van der Waals surface area contributed by atoms with Crippen LogP contribution in [0.4, 0.5) is 0 Å². The molecule has 2 N–H and O–H groups in total. The highest BCUT2D eigenvalue weighted by molar-refractivity contribution is 4.96. The van der Waals surface area contributed by atoms with Gasteiger partial charge in [0.2, 0.25) is 0 Å². The monoisotopic (exact) mass is 267 g/mol. The van der Waals surface area contributed by atoms with E-state index in [1.165, 1.54) is 64.7 Å². The molecular weight excluding hydrogens is 234 g/mol. The first kappa shape index (κ1) is 15.3. The van der Waals surface area contributed by atoms with E-state index in [4.69, 9.17) is 5.73 Å². The lowest BCUT2D eigenvalue weighted by molar-refractivity contribution is 0.0794. The minimum atomic E-state index is 0.291. The average Bonchev–Trinajstić information content (AvgIpc) is 2.67. The van der Waals surface area contributed by atoms with Gasteiger partial charge in [0.15, 0.2) is 0 Å². The van der Waals surface area contributed by atoms with E-state index in [0.29, 0.717) is 11.0 Å². The van der Waals surface area contributed by atoms with Crippen LogP contribution in [-0.2, 0) is 0 Å². The second-order valence-electron chi connectivity index (χ2n) is 7.59. The topological polar surface area (TPSA) is 32.5 Å². The highest BCUT2D eigenvalue weighted by atomic mass is 15.3. The standard InChI is InChI=1S/C16H33N3/c1-15(2)6-4-7-16(14-17,9-8-15)19-11-5-10-18(3)12-13-19/h4-14,17H2,1-3H3. The highest BCUT2D eigenvalue weighted by Crippen LogP contribution is 2.40. The van der Waals surface area contributed by atoms with Crippen LogP contribution in [0, 0.1) is 5.41 Å². The summed E-state index contributed by atoms with van der Waals surface area (Å²) < 4.78 is 0. The van der Waals surface area contributed by atoms with Crippen molar-refractivity contribution in [1.82, 2.24) is 9.80 Å². The summed E-state index contributed by atoms with van der Waals surface area (Å²) in [6, 6.07) is 0. The molecule has 2 rings (SSSR count). The zero-order valence-corrected chi connectivity index (χ0v) is 13.2. The second-order valence-corrected chi connectivity index (χ2v) is 7.59. The molecule has 1 aliphatic heterocycles. The molecule has 2 aliphatic rings. The van der Waals surface area contributed by atoms with Gasteiger partial charge in [0.1, 0.15) is 0 Å². The predicted octanol–water partition coefficient (Wildman–Crippen LogP) is 2.31. The first-order chi connectivity index (χ1) is 8.97. The molecule has 2 fully saturated rings. The van der Waals surface area contributed by atoms with Gasteiger partial charge in [0, 0.05) is 31.7 Å². The largest absolute Gasteiger partial charge is 0.329 e. The summed E-state index contributed by atoms with van der Waals surface area (Å²) in [6.07, 6.45) is 7.92. The fourth-order valence-corrected chi connectivity index (χ4v) is 3.89. The highest BCUT2D eigenvalue weighted by Gasteiger charge is 2.39. The lowest BCUT2D eigenvalue weighted by Gasteiger charge is -2.43. The van der Waals surface area contributed by atoms with Crippen molar-refractivity contribution in [2.45, 2.75) is 57.9 Å². The molecule has 0 bridgehead atoms. The van der Waals surface area contributed by atoms with Gasteiger partial charge in [-0.2, -0.15) is 0 Å². The van der Waals surface area contributed by atoms with Crippen molar-refractivity contribution >= 4 is 0 Å². The third-order valence-electron chi connectivity index (χ3n) is 5.53. The molecule has 0 aromatic heterocycles. The molecule has 19 heavy (non-hydrogen) atoms. The molecule has 112 valence electrons. The first-order valence-corrected chi connectivity index (χ1v) is 8.11. The quantitative estimate of drug-likeness (QED) is 0.779. The van der Waals surface area contributed by atoms with Crippen molar-refractivity contribution in [3.8, 4) is 0 Å². The van der Waals surface area contributed by atoms with Crippen molar-refractivity contribution in [3.63, 3.8) is 0 Å². The van der Waals surface area contributed by atoms with E-state index in [1.54, 1.807) is 0 Å². The molecule has 1 heterocycles. The molecule has 3 heteroatoms. The summed E-state index contributed by atoms with van der Waals surface area (Å²) in [5.74, 6) is 0. The maximum atomic E-state index is 6.26. The van der Waals surface area contributed by atoms with Crippen LogP contribution >= 0.6 is 0 Å². The van der Waals surface area contributed by atoms with Crippen molar-refractivity contribution in [3.05, 3.63) is 0 Å². The molecule has 0 amide bonds. The van der Waals surface area contributed by atoms with Crippen molar-refractivity contribution in [2.24, 2.45) is 11.1 Å². The van der Waals surface area contributed by atoms with Crippen LogP contribution in [0.5, 0.6) is 0 Å². The minimum Gasteiger partial charge on any atom is -0.329 e. The second kappa shape index (κ2) is 6.11. The van der Waals surface area contributed by atoms with Crippen LogP contribution in [0.25, 0.3) is 0 Å². The van der Waals surface area contributed by atoms with E-state index in [9.17, 15) is 0 Å². The van der Waals surface area contributed by atoms with E-state index in [-0.39, 0.29) is 0 Å². The third-order valence-corrected chi connectivity index (χ3v) is 5.53. The van der Waals surface area contributed by atoms with Crippen molar-refractivity contribution in [2.75, 3.05) is 39.8 Å². The molecule has 3 nitrogen and oxygen atoms in total. The van der Waals surface area contributed by atoms with Crippen molar-refractivity contribution in [1.29, 1.82) is 0 Å². The van der Waals surface area contributed by atoms with E-state index in [0.717, 1.165) is 6.54 Å². The number of nitrogens with zero attached hydrogens (tertiary/aromatic N) is 2. The van der Waals surface area contributed by atoms with Gasteiger partial charge < -0.3 is 10.6 Å². The lowest BCUT2D eigenvalue weighted by Crippen LogP contribution is -2.54. The summed E-state index contributed by atoms with van der Waals surface area (Å²) in [5.41, 5.74) is 7.06. The zero-order chi connectivity index (χ0) is 13.9. The maximum absolute atomic E-state index is 6.26. The Labute approximate surface area is 119 Å².